The van der Waals surface area contributed by atoms with Crippen LogP contribution in [-0.2, 0) is 13.0 Å². The first-order valence-corrected chi connectivity index (χ1v) is 6.14. The molecule has 2 aromatic heterocycles. The van der Waals surface area contributed by atoms with Gasteiger partial charge in [-0.2, -0.15) is 4.80 Å². The Labute approximate surface area is 110 Å². The minimum absolute atomic E-state index is 0.662. The Morgan fingerprint density at radius 2 is 1.74 bits per heavy atom. The third kappa shape index (κ3) is 2.82. The molecular weight excluding hydrogens is 238 g/mol. The Balaban J connectivity index is 1.69. The summed E-state index contributed by atoms with van der Waals surface area (Å²) in [5.74, 6) is 0.662. The van der Waals surface area contributed by atoms with Crippen LogP contribution in [0, 0.1) is 0 Å². The summed E-state index contributed by atoms with van der Waals surface area (Å²) >= 11 is 0. The van der Waals surface area contributed by atoms with Gasteiger partial charge in [-0.1, -0.05) is 30.3 Å². The fraction of sp³-hybridized carbons (Fsp3) is 0.143. The van der Waals surface area contributed by atoms with E-state index in [1.54, 1.807) is 17.2 Å². The minimum atomic E-state index is 0.662. The Hall–Kier alpha value is -2.56. The van der Waals surface area contributed by atoms with E-state index in [9.17, 15) is 0 Å². The van der Waals surface area contributed by atoms with Crippen LogP contribution in [0.3, 0.4) is 0 Å². The van der Waals surface area contributed by atoms with Crippen LogP contribution in [0.2, 0.25) is 0 Å². The number of hydrogen-bond donors (Lipinski definition) is 0. The van der Waals surface area contributed by atoms with Gasteiger partial charge in [-0.25, -0.2) is 0 Å². The van der Waals surface area contributed by atoms with E-state index in [-0.39, 0.29) is 0 Å². The lowest BCUT2D eigenvalue weighted by atomic mass is 10.2. The molecular formula is C14H13N5. The molecule has 0 atom stereocenters. The molecule has 5 heteroatoms. The van der Waals surface area contributed by atoms with E-state index >= 15 is 0 Å². The second-order valence-corrected chi connectivity index (χ2v) is 4.18. The summed E-state index contributed by atoms with van der Waals surface area (Å²) in [7, 11) is 0. The van der Waals surface area contributed by atoms with Crippen LogP contribution >= 0.6 is 0 Å². The normalized spacial score (nSPS) is 10.5. The fourth-order valence-corrected chi connectivity index (χ4v) is 1.82. The maximum atomic E-state index is 4.37. The molecule has 0 N–H and O–H groups in total. The van der Waals surface area contributed by atoms with Gasteiger partial charge in [0.25, 0.3) is 0 Å². The molecule has 2 heterocycles. The monoisotopic (exact) mass is 251 g/mol. The van der Waals surface area contributed by atoms with Crippen LogP contribution in [0.4, 0.5) is 0 Å². The minimum Gasteiger partial charge on any atom is -0.265 e. The van der Waals surface area contributed by atoms with Crippen LogP contribution in [-0.4, -0.2) is 25.2 Å². The Morgan fingerprint density at radius 3 is 2.53 bits per heavy atom. The quantitative estimate of drug-likeness (QED) is 0.711. The molecule has 3 rings (SSSR count). The van der Waals surface area contributed by atoms with Crippen molar-refractivity contribution in [3.05, 3.63) is 60.4 Å². The summed E-state index contributed by atoms with van der Waals surface area (Å²) < 4.78 is 0. The number of aryl methyl sites for hydroxylation is 2. The molecule has 0 aliphatic rings. The second kappa shape index (κ2) is 5.39. The SMILES string of the molecule is c1ccc(-c2nnn(CCc3ccncc3)n2)cc1. The van der Waals surface area contributed by atoms with Gasteiger partial charge in [0.15, 0.2) is 0 Å². The largest absolute Gasteiger partial charge is 0.265 e. The van der Waals surface area contributed by atoms with E-state index in [0.29, 0.717) is 12.4 Å². The van der Waals surface area contributed by atoms with E-state index in [4.69, 9.17) is 0 Å². The van der Waals surface area contributed by atoms with Gasteiger partial charge in [0.05, 0.1) is 6.54 Å². The van der Waals surface area contributed by atoms with Gasteiger partial charge in [0.2, 0.25) is 5.82 Å². The maximum absolute atomic E-state index is 4.37. The van der Waals surface area contributed by atoms with E-state index in [1.807, 2.05) is 42.5 Å². The Morgan fingerprint density at radius 1 is 0.947 bits per heavy atom. The lowest BCUT2D eigenvalue weighted by molar-refractivity contribution is 0.522. The molecule has 0 bridgehead atoms. The Bertz CT molecular complexity index is 633. The average Bonchev–Trinajstić information content (AvgIpc) is 2.96. The molecule has 0 amide bonds. The molecule has 0 fully saturated rings. The van der Waals surface area contributed by atoms with Gasteiger partial charge in [0, 0.05) is 18.0 Å². The third-order valence-electron chi connectivity index (χ3n) is 2.83. The van der Waals surface area contributed by atoms with E-state index in [2.05, 4.69) is 20.4 Å². The molecule has 1 aromatic carbocycles. The molecule has 0 aliphatic heterocycles. The molecule has 19 heavy (non-hydrogen) atoms. The topological polar surface area (TPSA) is 56.5 Å². The van der Waals surface area contributed by atoms with Crippen LogP contribution in [0.1, 0.15) is 5.56 Å². The first kappa shape index (κ1) is 11.5. The number of hydrogen-bond acceptors (Lipinski definition) is 4. The van der Waals surface area contributed by atoms with Gasteiger partial charge in [0.1, 0.15) is 0 Å². The smallest absolute Gasteiger partial charge is 0.204 e. The summed E-state index contributed by atoms with van der Waals surface area (Å²) in [6.45, 7) is 0.712. The van der Waals surface area contributed by atoms with E-state index < -0.39 is 0 Å². The van der Waals surface area contributed by atoms with Gasteiger partial charge in [-0.3, -0.25) is 4.98 Å². The highest BCUT2D eigenvalue weighted by atomic mass is 15.6. The van der Waals surface area contributed by atoms with Crippen LogP contribution in [0.5, 0.6) is 0 Å². The van der Waals surface area contributed by atoms with Crippen molar-refractivity contribution in [3.63, 3.8) is 0 Å². The number of rotatable bonds is 4. The molecule has 0 unspecified atom stereocenters. The molecule has 94 valence electrons. The van der Waals surface area contributed by atoms with Crippen LogP contribution in [0.15, 0.2) is 54.9 Å². The Kier molecular flexibility index (Phi) is 3.27. The number of benzene rings is 1. The standard InChI is InChI=1S/C14H13N5/c1-2-4-13(5-3-1)14-16-18-19(17-14)11-8-12-6-9-15-10-7-12/h1-7,9-10H,8,11H2. The highest BCUT2D eigenvalue weighted by Gasteiger charge is 2.04. The maximum Gasteiger partial charge on any atom is 0.204 e. The highest BCUT2D eigenvalue weighted by Crippen LogP contribution is 2.11. The zero-order chi connectivity index (χ0) is 12.9. The molecule has 0 aliphatic carbocycles. The predicted octanol–water partition coefficient (Wildman–Crippen LogP) is 1.98. The van der Waals surface area contributed by atoms with Crippen molar-refractivity contribution in [2.24, 2.45) is 0 Å². The zero-order valence-corrected chi connectivity index (χ0v) is 10.3. The highest BCUT2D eigenvalue weighted by molar-refractivity contribution is 5.52. The summed E-state index contributed by atoms with van der Waals surface area (Å²) in [6, 6.07) is 13.8. The lowest BCUT2D eigenvalue weighted by Crippen LogP contribution is -2.05. The van der Waals surface area contributed by atoms with Gasteiger partial charge in [-0.15, -0.1) is 10.2 Å². The molecule has 0 saturated carbocycles. The van der Waals surface area contributed by atoms with Gasteiger partial charge in [-0.05, 0) is 29.3 Å². The van der Waals surface area contributed by atoms with E-state index in [1.165, 1.54) is 5.56 Å². The van der Waals surface area contributed by atoms with Crippen molar-refractivity contribution in [2.45, 2.75) is 13.0 Å². The fourth-order valence-electron chi connectivity index (χ4n) is 1.82. The molecule has 0 saturated heterocycles. The van der Waals surface area contributed by atoms with Crippen molar-refractivity contribution in [1.29, 1.82) is 0 Å². The van der Waals surface area contributed by atoms with Crippen LogP contribution in [0.25, 0.3) is 11.4 Å². The van der Waals surface area contributed by atoms with Crippen molar-refractivity contribution in [1.82, 2.24) is 25.2 Å². The van der Waals surface area contributed by atoms with Crippen LogP contribution < -0.4 is 0 Å². The summed E-state index contributed by atoms with van der Waals surface area (Å²) in [5, 5.41) is 12.5. The summed E-state index contributed by atoms with van der Waals surface area (Å²) in [4.78, 5) is 5.62. The first-order chi connectivity index (χ1) is 9.42. The molecule has 3 aromatic rings. The number of pyridine rings is 1. The first-order valence-electron chi connectivity index (χ1n) is 6.14. The predicted molar refractivity (Wildman–Crippen MR) is 71.2 cm³/mol. The number of nitrogens with zero attached hydrogens (tertiary/aromatic N) is 5. The van der Waals surface area contributed by atoms with Crippen molar-refractivity contribution >= 4 is 0 Å². The summed E-state index contributed by atoms with van der Waals surface area (Å²) in [5.41, 5.74) is 2.20. The third-order valence-corrected chi connectivity index (χ3v) is 2.83. The molecule has 0 spiro atoms. The van der Waals surface area contributed by atoms with Crippen molar-refractivity contribution in [2.75, 3.05) is 0 Å². The zero-order valence-electron chi connectivity index (χ0n) is 10.3. The molecule has 5 nitrogen and oxygen atoms in total. The molecule has 0 radical (unpaired) electrons. The summed E-state index contributed by atoms with van der Waals surface area (Å²) in [6.07, 6.45) is 4.45. The lowest BCUT2D eigenvalue weighted by Gasteiger charge is -1.99. The van der Waals surface area contributed by atoms with Gasteiger partial charge < -0.3 is 0 Å². The van der Waals surface area contributed by atoms with E-state index in [0.717, 1.165) is 12.0 Å². The van der Waals surface area contributed by atoms with Gasteiger partial charge >= 0.3 is 0 Å². The van der Waals surface area contributed by atoms with Crippen molar-refractivity contribution < 1.29 is 0 Å². The van der Waals surface area contributed by atoms with Crippen molar-refractivity contribution in [3.8, 4) is 11.4 Å². The second-order valence-electron chi connectivity index (χ2n) is 4.18. The average molecular weight is 251 g/mol. The number of aromatic nitrogens is 5. The number of tetrazole rings is 1.